The van der Waals surface area contributed by atoms with Gasteiger partial charge in [-0.25, -0.2) is 4.39 Å². The zero-order chi connectivity index (χ0) is 15.7. The van der Waals surface area contributed by atoms with Crippen LogP contribution in [-0.4, -0.2) is 0 Å². The van der Waals surface area contributed by atoms with E-state index in [0.717, 1.165) is 22.4 Å². The van der Waals surface area contributed by atoms with E-state index >= 15 is 0 Å². The van der Waals surface area contributed by atoms with E-state index in [1.807, 2.05) is 12.1 Å². The molecule has 2 heteroatoms. The van der Waals surface area contributed by atoms with Crippen LogP contribution < -0.4 is 0 Å². The molecule has 0 nitrogen and oxygen atoms in total. The second kappa shape index (κ2) is 6.05. The number of hydrogen-bond donors (Lipinski definition) is 0. The highest BCUT2D eigenvalue weighted by molar-refractivity contribution is 7.15. The number of hydrogen-bond acceptors (Lipinski definition) is 1. The standard InChI is InChI=1S/C20H19FS/c1-4-15-5-7-16(8-6-15)17-9-10-18(19(21)12-17)20-11-13(2)14(3)22-20/h5-12H,4H2,1-3H3. The first-order valence-corrected chi connectivity index (χ1v) is 8.36. The van der Waals surface area contributed by atoms with Gasteiger partial charge in [-0.2, -0.15) is 0 Å². The summed E-state index contributed by atoms with van der Waals surface area (Å²) in [4.78, 5) is 2.24. The van der Waals surface area contributed by atoms with E-state index in [0.29, 0.717) is 5.56 Å². The molecule has 0 saturated carbocycles. The summed E-state index contributed by atoms with van der Waals surface area (Å²) in [5.41, 5.74) is 5.19. The predicted octanol–water partition coefficient (Wildman–Crippen LogP) is 6.40. The van der Waals surface area contributed by atoms with Crippen molar-refractivity contribution in [3.8, 4) is 21.6 Å². The van der Waals surface area contributed by atoms with Gasteiger partial charge in [0, 0.05) is 15.3 Å². The summed E-state index contributed by atoms with van der Waals surface area (Å²) in [6.07, 6.45) is 1.02. The highest BCUT2D eigenvalue weighted by Crippen LogP contribution is 2.34. The molecule has 0 saturated heterocycles. The second-order valence-electron chi connectivity index (χ2n) is 5.59. The lowest BCUT2D eigenvalue weighted by atomic mass is 10.0. The summed E-state index contributed by atoms with van der Waals surface area (Å²) in [6, 6.07) is 15.9. The van der Waals surface area contributed by atoms with Crippen LogP contribution in [0.15, 0.2) is 48.5 Å². The van der Waals surface area contributed by atoms with Gasteiger partial charge < -0.3 is 0 Å². The van der Waals surface area contributed by atoms with Crippen molar-refractivity contribution in [2.24, 2.45) is 0 Å². The van der Waals surface area contributed by atoms with Gasteiger partial charge in [-0.15, -0.1) is 11.3 Å². The van der Waals surface area contributed by atoms with Crippen LogP contribution in [-0.2, 0) is 6.42 Å². The Labute approximate surface area is 135 Å². The third-order valence-corrected chi connectivity index (χ3v) is 5.28. The maximum atomic E-state index is 14.5. The van der Waals surface area contributed by atoms with Gasteiger partial charge in [-0.1, -0.05) is 37.3 Å². The largest absolute Gasteiger partial charge is 0.206 e. The molecule has 0 fully saturated rings. The van der Waals surface area contributed by atoms with Crippen molar-refractivity contribution in [1.82, 2.24) is 0 Å². The van der Waals surface area contributed by atoms with Crippen LogP contribution in [0.25, 0.3) is 21.6 Å². The molecule has 0 bridgehead atoms. The fourth-order valence-electron chi connectivity index (χ4n) is 2.53. The van der Waals surface area contributed by atoms with Crippen LogP contribution in [0.4, 0.5) is 4.39 Å². The smallest absolute Gasteiger partial charge is 0.132 e. The molecule has 112 valence electrons. The molecule has 0 aliphatic heterocycles. The molecule has 0 radical (unpaired) electrons. The van der Waals surface area contributed by atoms with Crippen LogP contribution in [0.1, 0.15) is 22.9 Å². The summed E-state index contributed by atoms with van der Waals surface area (Å²) >= 11 is 1.65. The topological polar surface area (TPSA) is 0 Å². The van der Waals surface area contributed by atoms with Gasteiger partial charge in [-0.3, -0.25) is 0 Å². The fraction of sp³-hybridized carbons (Fsp3) is 0.200. The van der Waals surface area contributed by atoms with Crippen LogP contribution in [0.5, 0.6) is 0 Å². The van der Waals surface area contributed by atoms with Crippen molar-refractivity contribution in [3.05, 3.63) is 70.4 Å². The SMILES string of the molecule is CCc1ccc(-c2ccc(-c3cc(C)c(C)s3)c(F)c2)cc1. The average molecular weight is 310 g/mol. The molecule has 2 aromatic carbocycles. The van der Waals surface area contributed by atoms with Crippen molar-refractivity contribution in [1.29, 1.82) is 0 Å². The van der Waals surface area contributed by atoms with Crippen LogP contribution in [0.2, 0.25) is 0 Å². The van der Waals surface area contributed by atoms with Crippen LogP contribution in [0.3, 0.4) is 0 Å². The fourth-order valence-corrected chi connectivity index (χ4v) is 3.59. The van der Waals surface area contributed by atoms with E-state index in [4.69, 9.17) is 0 Å². The Balaban J connectivity index is 1.97. The Morgan fingerprint density at radius 2 is 1.59 bits per heavy atom. The zero-order valence-corrected chi connectivity index (χ0v) is 13.9. The quantitative estimate of drug-likeness (QED) is 0.525. The first-order chi connectivity index (χ1) is 10.6. The Bertz CT molecular complexity index is 778. The molecule has 0 N–H and O–H groups in total. The van der Waals surface area contributed by atoms with E-state index in [-0.39, 0.29) is 5.82 Å². The third-order valence-electron chi connectivity index (χ3n) is 4.10. The van der Waals surface area contributed by atoms with Crippen LogP contribution >= 0.6 is 11.3 Å². The van der Waals surface area contributed by atoms with Crippen molar-refractivity contribution in [3.63, 3.8) is 0 Å². The summed E-state index contributed by atoms with van der Waals surface area (Å²) in [7, 11) is 0. The van der Waals surface area contributed by atoms with Crippen molar-refractivity contribution < 1.29 is 4.39 Å². The molecular formula is C20H19FS. The average Bonchev–Trinajstić information content (AvgIpc) is 2.86. The number of aryl methyl sites for hydroxylation is 3. The van der Waals surface area contributed by atoms with Gasteiger partial charge in [0.05, 0.1) is 0 Å². The number of benzene rings is 2. The molecule has 1 heterocycles. The maximum Gasteiger partial charge on any atom is 0.132 e. The minimum atomic E-state index is -0.154. The summed E-state index contributed by atoms with van der Waals surface area (Å²) in [6.45, 7) is 6.27. The van der Waals surface area contributed by atoms with Gasteiger partial charge in [-0.05, 0) is 60.7 Å². The van der Waals surface area contributed by atoms with Gasteiger partial charge >= 0.3 is 0 Å². The molecule has 0 amide bonds. The minimum absolute atomic E-state index is 0.154. The van der Waals surface area contributed by atoms with Gasteiger partial charge in [0.15, 0.2) is 0 Å². The molecule has 0 atom stereocenters. The van der Waals surface area contributed by atoms with Crippen molar-refractivity contribution in [2.75, 3.05) is 0 Å². The first-order valence-electron chi connectivity index (χ1n) is 7.54. The second-order valence-corrected chi connectivity index (χ2v) is 6.85. The Morgan fingerprint density at radius 1 is 0.909 bits per heavy atom. The van der Waals surface area contributed by atoms with Crippen molar-refractivity contribution >= 4 is 11.3 Å². The molecular weight excluding hydrogens is 291 g/mol. The van der Waals surface area contributed by atoms with Gasteiger partial charge in [0.2, 0.25) is 0 Å². The monoisotopic (exact) mass is 310 g/mol. The van der Waals surface area contributed by atoms with E-state index < -0.39 is 0 Å². The Kier molecular flexibility index (Phi) is 4.12. The summed E-state index contributed by atoms with van der Waals surface area (Å²) < 4.78 is 14.5. The van der Waals surface area contributed by atoms with Gasteiger partial charge in [0.25, 0.3) is 0 Å². The lowest BCUT2D eigenvalue weighted by Crippen LogP contribution is -1.86. The molecule has 0 spiro atoms. The normalized spacial score (nSPS) is 10.9. The lowest BCUT2D eigenvalue weighted by Gasteiger charge is -2.06. The van der Waals surface area contributed by atoms with Crippen LogP contribution in [0, 0.1) is 19.7 Å². The van der Waals surface area contributed by atoms with E-state index in [9.17, 15) is 4.39 Å². The van der Waals surface area contributed by atoms with E-state index in [1.165, 1.54) is 16.0 Å². The molecule has 0 unspecified atom stereocenters. The lowest BCUT2D eigenvalue weighted by molar-refractivity contribution is 0.632. The first kappa shape index (κ1) is 15.0. The molecule has 0 aliphatic carbocycles. The molecule has 3 aromatic rings. The number of rotatable bonds is 3. The van der Waals surface area contributed by atoms with E-state index in [2.05, 4.69) is 51.1 Å². The van der Waals surface area contributed by atoms with Gasteiger partial charge in [0.1, 0.15) is 5.82 Å². The molecule has 22 heavy (non-hydrogen) atoms. The molecule has 3 rings (SSSR count). The number of thiophene rings is 1. The number of halogens is 1. The third kappa shape index (κ3) is 2.84. The molecule has 0 aliphatic rings. The highest BCUT2D eigenvalue weighted by atomic mass is 32.1. The Morgan fingerprint density at radius 3 is 2.14 bits per heavy atom. The minimum Gasteiger partial charge on any atom is -0.206 e. The van der Waals surface area contributed by atoms with E-state index in [1.54, 1.807) is 17.4 Å². The highest BCUT2D eigenvalue weighted by Gasteiger charge is 2.10. The molecule has 1 aromatic heterocycles. The van der Waals surface area contributed by atoms with Crippen molar-refractivity contribution in [2.45, 2.75) is 27.2 Å². The predicted molar refractivity (Wildman–Crippen MR) is 94.0 cm³/mol. The maximum absolute atomic E-state index is 14.5. The summed E-state index contributed by atoms with van der Waals surface area (Å²) in [5, 5.41) is 0. The zero-order valence-electron chi connectivity index (χ0n) is 13.1. The Hall–Kier alpha value is -1.93. The summed E-state index contributed by atoms with van der Waals surface area (Å²) in [5.74, 6) is -0.154.